The van der Waals surface area contributed by atoms with E-state index in [1.165, 1.54) is 18.4 Å². The van der Waals surface area contributed by atoms with Crippen molar-refractivity contribution in [3.8, 4) is 0 Å². The van der Waals surface area contributed by atoms with Crippen molar-refractivity contribution in [3.05, 3.63) is 42.5 Å². The fourth-order valence-electron chi connectivity index (χ4n) is 3.61. The molecular formula is C19H26N2O2. The lowest BCUT2D eigenvalue weighted by atomic mass is 10.1. The Morgan fingerprint density at radius 1 is 1.39 bits per heavy atom. The number of para-hydroxylation sites is 1. The summed E-state index contributed by atoms with van der Waals surface area (Å²) >= 11 is 0. The molecule has 1 amide bonds. The van der Waals surface area contributed by atoms with Gasteiger partial charge in [0, 0.05) is 37.8 Å². The molecule has 2 heterocycles. The van der Waals surface area contributed by atoms with Gasteiger partial charge in [0.05, 0.1) is 6.61 Å². The molecule has 1 saturated heterocycles. The predicted molar refractivity (Wildman–Crippen MR) is 92.5 cm³/mol. The Hall–Kier alpha value is -1.65. The highest BCUT2D eigenvalue weighted by molar-refractivity contribution is 5.94. The second-order valence-corrected chi connectivity index (χ2v) is 6.37. The monoisotopic (exact) mass is 314 g/mol. The highest BCUT2D eigenvalue weighted by Crippen LogP contribution is 2.31. The van der Waals surface area contributed by atoms with Crippen LogP contribution in [0.15, 0.2) is 36.9 Å². The number of hydrogen-bond donors (Lipinski definition) is 0. The first-order valence-corrected chi connectivity index (χ1v) is 8.60. The summed E-state index contributed by atoms with van der Waals surface area (Å²) in [6, 6.07) is 8.85. The van der Waals surface area contributed by atoms with Crippen LogP contribution >= 0.6 is 0 Å². The summed E-state index contributed by atoms with van der Waals surface area (Å²) < 4.78 is 5.39. The molecule has 4 nitrogen and oxygen atoms in total. The van der Waals surface area contributed by atoms with Gasteiger partial charge in [-0.05, 0) is 37.4 Å². The minimum atomic E-state index is 0.216. The Labute approximate surface area is 138 Å². The van der Waals surface area contributed by atoms with Crippen molar-refractivity contribution in [2.45, 2.75) is 38.3 Å². The van der Waals surface area contributed by atoms with Crippen LogP contribution in [-0.4, -0.2) is 43.2 Å². The van der Waals surface area contributed by atoms with Gasteiger partial charge in [0.15, 0.2) is 0 Å². The van der Waals surface area contributed by atoms with Gasteiger partial charge in [-0.15, -0.1) is 6.58 Å². The number of fused-ring (bicyclic) bond motifs is 2. The van der Waals surface area contributed by atoms with Crippen LogP contribution in [0.2, 0.25) is 0 Å². The molecule has 4 heteroatoms. The SMILES string of the molecule is C=CCOCCCC(=O)N1C[C@@H]2CCCN2Cc2ccccc21. The molecule has 0 bridgehead atoms. The molecule has 1 atom stereocenters. The van der Waals surface area contributed by atoms with Gasteiger partial charge in [-0.2, -0.15) is 0 Å². The fourth-order valence-corrected chi connectivity index (χ4v) is 3.61. The third-order valence-corrected chi connectivity index (χ3v) is 4.76. The highest BCUT2D eigenvalue weighted by Gasteiger charge is 2.32. The van der Waals surface area contributed by atoms with Crippen LogP contribution in [0, 0.1) is 0 Å². The normalized spacial score (nSPS) is 20.7. The van der Waals surface area contributed by atoms with Gasteiger partial charge in [-0.3, -0.25) is 9.69 Å². The minimum absolute atomic E-state index is 0.216. The van der Waals surface area contributed by atoms with Gasteiger partial charge in [-0.1, -0.05) is 24.3 Å². The van der Waals surface area contributed by atoms with E-state index in [2.05, 4.69) is 29.7 Å². The van der Waals surface area contributed by atoms with Crippen molar-refractivity contribution in [3.63, 3.8) is 0 Å². The van der Waals surface area contributed by atoms with Crippen LogP contribution in [0.3, 0.4) is 0 Å². The molecule has 23 heavy (non-hydrogen) atoms. The Kier molecular flexibility index (Phi) is 5.47. The maximum Gasteiger partial charge on any atom is 0.227 e. The third kappa shape index (κ3) is 3.82. The standard InChI is InChI=1S/C19H26N2O2/c1-2-12-23-13-6-10-19(22)21-15-17-8-5-11-20(17)14-16-7-3-4-9-18(16)21/h2-4,7,9,17H,1,5-6,8,10-15H2/t17-/m0/s1. The van der Waals surface area contributed by atoms with Crippen molar-refractivity contribution in [2.75, 3.05) is 31.2 Å². The molecule has 0 radical (unpaired) electrons. The molecule has 0 unspecified atom stereocenters. The molecule has 2 aliphatic rings. The van der Waals surface area contributed by atoms with Crippen LogP contribution in [0.4, 0.5) is 5.69 Å². The first kappa shape index (κ1) is 16.2. The van der Waals surface area contributed by atoms with Gasteiger partial charge in [0.2, 0.25) is 5.91 Å². The molecule has 3 rings (SSSR count). The molecule has 0 saturated carbocycles. The van der Waals surface area contributed by atoms with Gasteiger partial charge in [0.25, 0.3) is 0 Å². The fraction of sp³-hybridized carbons (Fsp3) is 0.526. The lowest BCUT2D eigenvalue weighted by molar-refractivity contribution is -0.119. The van der Waals surface area contributed by atoms with E-state index < -0.39 is 0 Å². The first-order chi connectivity index (χ1) is 11.3. The van der Waals surface area contributed by atoms with Crippen molar-refractivity contribution >= 4 is 11.6 Å². The molecule has 2 aliphatic heterocycles. The number of rotatable bonds is 6. The molecule has 1 fully saturated rings. The molecule has 0 spiro atoms. The number of anilines is 1. The number of nitrogens with zero attached hydrogens (tertiary/aromatic N) is 2. The maximum absolute atomic E-state index is 12.8. The summed E-state index contributed by atoms with van der Waals surface area (Å²) in [4.78, 5) is 17.3. The first-order valence-electron chi connectivity index (χ1n) is 8.60. The number of carbonyl (C=O) groups is 1. The van der Waals surface area contributed by atoms with Gasteiger partial charge in [0.1, 0.15) is 0 Å². The lowest BCUT2D eigenvalue weighted by Crippen LogP contribution is -2.40. The second kappa shape index (κ2) is 7.75. The van der Waals surface area contributed by atoms with Crippen LogP contribution < -0.4 is 4.90 Å². The molecular weight excluding hydrogens is 288 g/mol. The van der Waals surface area contributed by atoms with Crippen LogP contribution in [0.5, 0.6) is 0 Å². The van der Waals surface area contributed by atoms with E-state index in [9.17, 15) is 4.79 Å². The quantitative estimate of drug-likeness (QED) is 0.598. The summed E-state index contributed by atoms with van der Waals surface area (Å²) in [6.07, 6.45) is 5.48. The van der Waals surface area contributed by atoms with Gasteiger partial charge >= 0.3 is 0 Å². The number of hydrogen-bond acceptors (Lipinski definition) is 3. The van der Waals surface area contributed by atoms with Crippen molar-refractivity contribution in [1.82, 2.24) is 4.90 Å². The number of benzene rings is 1. The van der Waals surface area contributed by atoms with E-state index in [0.717, 1.165) is 31.7 Å². The zero-order valence-corrected chi connectivity index (χ0v) is 13.7. The molecule has 0 aromatic heterocycles. The van der Waals surface area contributed by atoms with Crippen LogP contribution in [0.1, 0.15) is 31.2 Å². The zero-order chi connectivity index (χ0) is 16.1. The van der Waals surface area contributed by atoms with E-state index >= 15 is 0 Å². The molecule has 1 aromatic rings. The highest BCUT2D eigenvalue weighted by atomic mass is 16.5. The number of ether oxygens (including phenoxy) is 1. The molecule has 1 aromatic carbocycles. The van der Waals surface area contributed by atoms with Crippen molar-refractivity contribution in [1.29, 1.82) is 0 Å². The third-order valence-electron chi connectivity index (χ3n) is 4.76. The Bertz CT molecular complexity index is 558. The zero-order valence-electron chi connectivity index (χ0n) is 13.7. The van der Waals surface area contributed by atoms with Crippen molar-refractivity contribution < 1.29 is 9.53 Å². The number of carbonyl (C=O) groups excluding carboxylic acids is 1. The summed E-state index contributed by atoms with van der Waals surface area (Å²) in [5.41, 5.74) is 2.37. The average Bonchev–Trinajstić information content (AvgIpc) is 2.93. The van der Waals surface area contributed by atoms with E-state index in [1.54, 1.807) is 6.08 Å². The largest absolute Gasteiger partial charge is 0.377 e. The maximum atomic E-state index is 12.8. The summed E-state index contributed by atoms with van der Waals surface area (Å²) in [5, 5.41) is 0. The minimum Gasteiger partial charge on any atom is -0.377 e. The average molecular weight is 314 g/mol. The van der Waals surface area contributed by atoms with Gasteiger partial charge in [-0.25, -0.2) is 0 Å². The van der Waals surface area contributed by atoms with E-state index in [0.29, 0.717) is 25.7 Å². The summed E-state index contributed by atoms with van der Waals surface area (Å²) in [5.74, 6) is 0.216. The summed E-state index contributed by atoms with van der Waals surface area (Å²) in [7, 11) is 0. The van der Waals surface area contributed by atoms with Gasteiger partial charge < -0.3 is 9.64 Å². The molecule has 124 valence electrons. The summed E-state index contributed by atoms with van der Waals surface area (Å²) in [6.45, 7) is 7.73. The number of amides is 1. The Morgan fingerprint density at radius 2 is 2.26 bits per heavy atom. The van der Waals surface area contributed by atoms with E-state index in [4.69, 9.17) is 4.74 Å². The topological polar surface area (TPSA) is 32.8 Å². The van der Waals surface area contributed by atoms with Crippen molar-refractivity contribution in [2.24, 2.45) is 0 Å². The Morgan fingerprint density at radius 3 is 3.13 bits per heavy atom. The second-order valence-electron chi connectivity index (χ2n) is 6.37. The molecule has 0 aliphatic carbocycles. The van der Waals surface area contributed by atoms with Crippen LogP contribution in [-0.2, 0) is 16.1 Å². The van der Waals surface area contributed by atoms with E-state index in [1.807, 2.05) is 11.0 Å². The lowest BCUT2D eigenvalue weighted by Gasteiger charge is -2.26. The van der Waals surface area contributed by atoms with E-state index in [-0.39, 0.29) is 5.91 Å². The Balaban J connectivity index is 1.69. The molecule has 0 N–H and O–H groups in total. The smallest absolute Gasteiger partial charge is 0.227 e. The van der Waals surface area contributed by atoms with Crippen LogP contribution in [0.25, 0.3) is 0 Å². The predicted octanol–water partition coefficient (Wildman–Crippen LogP) is 2.98.